The van der Waals surface area contributed by atoms with Crippen LogP contribution in [0, 0.1) is 0 Å². The Hall–Kier alpha value is -1.71. The smallest absolute Gasteiger partial charge is 0.262 e. The van der Waals surface area contributed by atoms with Gasteiger partial charge in [0.15, 0.2) is 11.5 Å². The number of rotatable bonds is 1. The fourth-order valence-electron chi connectivity index (χ4n) is 1.43. The lowest BCUT2D eigenvalue weighted by atomic mass is 10.2. The number of benzene rings is 1. The average molecular weight is 193 g/mol. The van der Waals surface area contributed by atoms with Crippen LogP contribution in [0.1, 0.15) is 6.92 Å². The lowest BCUT2D eigenvalue weighted by molar-refractivity contribution is -0.130. The van der Waals surface area contributed by atoms with Crippen LogP contribution in [0.5, 0.6) is 11.5 Å². The molecule has 1 amide bonds. The average Bonchev–Trinajstić information content (AvgIpc) is 2.16. The number of para-hydroxylation sites is 2. The van der Waals surface area contributed by atoms with E-state index in [-0.39, 0.29) is 6.10 Å². The number of primary amides is 1. The molecule has 4 nitrogen and oxygen atoms in total. The van der Waals surface area contributed by atoms with Gasteiger partial charge < -0.3 is 15.2 Å². The van der Waals surface area contributed by atoms with Gasteiger partial charge in [0.05, 0.1) is 0 Å². The third kappa shape index (κ3) is 1.39. The van der Waals surface area contributed by atoms with Crippen LogP contribution in [0.2, 0.25) is 0 Å². The Kier molecular flexibility index (Phi) is 2.04. The highest BCUT2D eigenvalue weighted by Gasteiger charge is 2.32. The summed E-state index contributed by atoms with van der Waals surface area (Å²) < 4.78 is 10.9. The van der Waals surface area contributed by atoms with E-state index in [9.17, 15) is 4.79 Å². The molecule has 0 fully saturated rings. The van der Waals surface area contributed by atoms with Gasteiger partial charge in [-0.25, -0.2) is 0 Å². The number of amides is 1. The molecule has 0 aromatic heterocycles. The molecule has 1 aliphatic rings. The second kappa shape index (κ2) is 3.21. The van der Waals surface area contributed by atoms with Crippen molar-refractivity contribution in [3.05, 3.63) is 24.3 Å². The van der Waals surface area contributed by atoms with Gasteiger partial charge in [0.1, 0.15) is 6.10 Å². The first-order valence-electron chi connectivity index (χ1n) is 4.40. The summed E-state index contributed by atoms with van der Waals surface area (Å²) in [6, 6.07) is 7.20. The molecule has 0 saturated carbocycles. The van der Waals surface area contributed by atoms with E-state index in [1.807, 2.05) is 12.1 Å². The van der Waals surface area contributed by atoms with Crippen LogP contribution in [0.4, 0.5) is 0 Å². The van der Waals surface area contributed by atoms with Gasteiger partial charge in [0.2, 0.25) is 6.10 Å². The molecule has 2 rings (SSSR count). The SMILES string of the molecule is C[C@H]1Oc2ccccc2O[C@@H]1C(N)=O. The number of carbonyl (C=O) groups is 1. The summed E-state index contributed by atoms with van der Waals surface area (Å²) in [5.41, 5.74) is 5.17. The molecule has 2 N–H and O–H groups in total. The van der Waals surface area contributed by atoms with E-state index in [4.69, 9.17) is 15.2 Å². The maximum Gasteiger partial charge on any atom is 0.262 e. The lowest BCUT2D eigenvalue weighted by Gasteiger charge is -2.29. The van der Waals surface area contributed by atoms with Crippen LogP contribution >= 0.6 is 0 Å². The van der Waals surface area contributed by atoms with E-state index >= 15 is 0 Å². The predicted octanol–water partition coefficient (Wildman–Crippen LogP) is 0.700. The van der Waals surface area contributed by atoms with E-state index in [1.54, 1.807) is 19.1 Å². The molecule has 0 bridgehead atoms. The molecule has 1 aromatic carbocycles. The van der Waals surface area contributed by atoms with Crippen molar-refractivity contribution < 1.29 is 14.3 Å². The number of carbonyl (C=O) groups excluding carboxylic acids is 1. The largest absolute Gasteiger partial charge is 0.482 e. The number of nitrogens with two attached hydrogens (primary N) is 1. The van der Waals surface area contributed by atoms with Crippen LogP contribution in [0.15, 0.2) is 24.3 Å². The first-order chi connectivity index (χ1) is 6.68. The monoisotopic (exact) mass is 193 g/mol. The number of ether oxygens (including phenoxy) is 2. The third-order valence-electron chi connectivity index (χ3n) is 2.12. The minimum Gasteiger partial charge on any atom is -0.482 e. The molecule has 1 aromatic rings. The molecule has 0 spiro atoms. The summed E-state index contributed by atoms with van der Waals surface area (Å²) in [6.07, 6.45) is -1.05. The summed E-state index contributed by atoms with van der Waals surface area (Å²) >= 11 is 0. The zero-order valence-corrected chi connectivity index (χ0v) is 7.77. The summed E-state index contributed by atoms with van der Waals surface area (Å²) in [5, 5.41) is 0. The molecule has 14 heavy (non-hydrogen) atoms. The normalized spacial score (nSPS) is 24.4. The molecule has 0 unspecified atom stereocenters. The Morgan fingerprint density at radius 2 is 1.86 bits per heavy atom. The van der Waals surface area contributed by atoms with Crippen molar-refractivity contribution >= 4 is 5.91 Å². The molecule has 0 aliphatic carbocycles. The predicted molar refractivity (Wildman–Crippen MR) is 50.1 cm³/mol. The van der Waals surface area contributed by atoms with Crippen molar-refractivity contribution in [2.75, 3.05) is 0 Å². The van der Waals surface area contributed by atoms with Crippen molar-refractivity contribution in [2.24, 2.45) is 5.73 Å². The van der Waals surface area contributed by atoms with E-state index in [2.05, 4.69) is 0 Å². The standard InChI is InChI=1S/C10H11NO3/c1-6-9(10(11)12)14-8-5-3-2-4-7(8)13-6/h2-6,9H,1H3,(H2,11,12)/t6-,9+/m1/s1. The first kappa shape index (κ1) is 8.87. The van der Waals surface area contributed by atoms with E-state index in [0.29, 0.717) is 11.5 Å². The van der Waals surface area contributed by atoms with Gasteiger partial charge >= 0.3 is 0 Å². The van der Waals surface area contributed by atoms with Crippen LogP contribution < -0.4 is 15.2 Å². The van der Waals surface area contributed by atoms with Crippen molar-refractivity contribution in [1.82, 2.24) is 0 Å². The topological polar surface area (TPSA) is 61.6 Å². The van der Waals surface area contributed by atoms with Gasteiger partial charge in [0, 0.05) is 0 Å². The molecular formula is C10H11NO3. The Labute approximate surface area is 81.6 Å². The van der Waals surface area contributed by atoms with Crippen molar-refractivity contribution in [3.8, 4) is 11.5 Å². The summed E-state index contributed by atoms with van der Waals surface area (Å²) in [5.74, 6) is 0.707. The van der Waals surface area contributed by atoms with Crippen molar-refractivity contribution in [2.45, 2.75) is 19.1 Å². The third-order valence-corrected chi connectivity index (χ3v) is 2.12. The number of hydrogen-bond donors (Lipinski definition) is 1. The molecule has 74 valence electrons. The fourth-order valence-corrected chi connectivity index (χ4v) is 1.43. The highest BCUT2D eigenvalue weighted by molar-refractivity contribution is 5.80. The minimum atomic E-state index is -0.704. The minimum absolute atomic E-state index is 0.345. The molecule has 0 radical (unpaired) electrons. The van der Waals surface area contributed by atoms with Gasteiger partial charge in [-0.2, -0.15) is 0 Å². The molecule has 1 aliphatic heterocycles. The van der Waals surface area contributed by atoms with Crippen molar-refractivity contribution in [1.29, 1.82) is 0 Å². The van der Waals surface area contributed by atoms with Crippen LogP contribution in [0.3, 0.4) is 0 Å². The van der Waals surface area contributed by atoms with Gasteiger partial charge in [-0.3, -0.25) is 4.79 Å². The van der Waals surface area contributed by atoms with Gasteiger partial charge in [0.25, 0.3) is 5.91 Å². The molecule has 4 heteroatoms. The second-order valence-electron chi connectivity index (χ2n) is 3.21. The van der Waals surface area contributed by atoms with Crippen LogP contribution in [0.25, 0.3) is 0 Å². The van der Waals surface area contributed by atoms with Gasteiger partial charge in [-0.15, -0.1) is 0 Å². The Bertz CT molecular complexity index is 364. The number of fused-ring (bicyclic) bond motifs is 1. The fraction of sp³-hybridized carbons (Fsp3) is 0.300. The van der Waals surface area contributed by atoms with E-state index in [0.717, 1.165) is 0 Å². The molecular weight excluding hydrogens is 182 g/mol. The maximum atomic E-state index is 11.0. The quantitative estimate of drug-likeness (QED) is 0.714. The number of hydrogen-bond acceptors (Lipinski definition) is 3. The molecule has 1 heterocycles. The zero-order valence-electron chi connectivity index (χ0n) is 7.77. The molecule has 0 saturated heterocycles. The lowest BCUT2D eigenvalue weighted by Crippen LogP contribution is -2.46. The highest BCUT2D eigenvalue weighted by Crippen LogP contribution is 2.33. The van der Waals surface area contributed by atoms with Crippen LogP contribution in [-0.2, 0) is 4.79 Å². The molecule has 2 atom stereocenters. The van der Waals surface area contributed by atoms with Gasteiger partial charge in [-0.1, -0.05) is 12.1 Å². The summed E-state index contributed by atoms with van der Waals surface area (Å²) in [4.78, 5) is 11.0. The summed E-state index contributed by atoms with van der Waals surface area (Å²) in [6.45, 7) is 1.76. The van der Waals surface area contributed by atoms with Crippen LogP contribution in [-0.4, -0.2) is 18.1 Å². The first-order valence-corrected chi connectivity index (χ1v) is 4.40. The summed E-state index contributed by atoms with van der Waals surface area (Å²) in [7, 11) is 0. The van der Waals surface area contributed by atoms with E-state index in [1.165, 1.54) is 0 Å². The zero-order chi connectivity index (χ0) is 10.1. The Morgan fingerprint density at radius 1 is 1.29 bits per heavy atom. The maximum absolute atomic E-state index is 11.0. The van der Waals surface area contributed by atoms with Crippen molar-refractivity contribution in [3.63, 3.8) is 0 Å². The Morgan fingerprint density at radius 3 is 2.43 bits per heavy atom. The van der Waals surface area contributed by atoms with E-state index < -0.39 is 12.0 Å². The van der Waals surface area contributed by atoms with Gasteiger partial charge in [-0.05, 0) is 19.1 Å². The second-order valence-corrected chi connectivity index (χ2v) is 3.21. The highest BCUT2D eigenvalue weighted by atomic mass is 16.6. The Balaban J connectivity index is 2.31.